The molecule has 4 aromatic rings. The van der Waals surface area contributed by atoms with Gasteiger partial charge in [-0.2, -0.15) is 0 Å². The van der Waals surface area contributed by atoms with Crippen LogP contribution in [0.4, 0.5) is 26.3 Å². The number of nitrogens with one attached hydrogen (secondary N) is 1. The molecular formula is C27H23F6N3O4S. The first kappa shape index (κ1) is 29.9. The van der Waals surface area contributed by atoms with Crippen LogP contribution in [-0.2, 0) is 28.9 Å². The Balaban J connectivity index is 1.91. The summed E-state index contributed by atoms with van der Waals surface area (Å²) in [6.45, 7) is -0.480. The number of alkyl halides is 6. The van der Waals surface area contributed by atoms with Gasteiger partial charge >= 0.3 is 12.7 Å². The lowest BCUT2D eigenvalue weighted by molar-refractivity contribution is -0.275. The molecule has 218 valence electrons. The van der Waals surface area contributed by atoms with E-state index >= 15 is 0 Å². The first-order valence-electron chi connectivity index (χ1n) is 11.9. The first-order chi connectivity index (χ1) is 19.2. The fourth-order valence-corrected chi connectivity index (χ4v) is 5.46. The van der Waals surface area contributed by atoms with Crippen LogP contribution >= 0.6 is 0 Å². The van der Waals surface area contributed by atoms with E-state index < -0.39 is 46.2 Å². The predicted octanol–water partition coefficient (Wildman–Crippen LogP) is 5.72. The van der Waals surface area contributed by atoms with Gasteiger partial charge in [-0.15, -0.1) is 26.3 Å². The molecule has 0 aliphatic rings. The molecule has 0 atom stereocenters. The molecule has 41 heavy (non-hydrogen) atoms. The second-order valence-corrected chi connectivity index (χ2v) is 10.8. The number of hydrogen-bond donors (Lipinski definition) is 1. The number of benzene rings is 3. The van der Waals surface area contributed by atoms with E-state index in [1.807, 2.05) is 0 Å². The highest BCUT2D eigenvalue weighted by molar-refractivity contribution is 7.89. The average molecular weight is 600 g/mol. The number of nitrogens with zero attached hydrogens (tertiary/aromatic N) is 2. The zero-order chi connectivity index (χ0) is 29.9. The molecule has 14 heteroatoms. The van der Waals surface area contributed by atoms with Gasteiger partial charge in [0.1, 0.15) is 11.5 Å². The number of ether oxygens (including phenoxy) is 2. The first-order valence-corrected chi connectivity index (χ1v) is 13.4. The van der Waals surface area contributed by atoms with Gasteiger partial charge in [-0.25, -0.2) is 18.1 Å². The summed E-state index contributed by atoms with van der Waals surface area (Å²) in [5, 5.41) is -0.322. The lowest BCUT2D eigenvalue weighted by atomic mass is 9.70. The molecule has 0 saturated heterocycles. The minimum Gasteiger partial charge on any atom is -0.406 e. The zero-order valence-corrected chi connectivity index (χ0v) is 22.1. The Hall–Kier alpha value is -4.04. The van der Waals surface area contributed by atoms with E-state index in [-0.39, 0.29) is 22.6 Å². The molecule has 0 aliphatic heterocycles. The third-order valence-electron chi connectivity index (χ3n) is 6.11. The molecule has 0 bridgehead atoms. The average Bonchev–Trinajstić information content (AvgIpc) is 3.33. The molecular weight excluding hydrogens is 576 g/mol. The van der Waals surface area contributed by atoms with Crippen LogP contribution in [0.15, 0.2) is 96.4 Å². The Labute approximate surface area is 231 Å². The van der Waals surface area contributed by atoms with E-state index in [9.17, 15) is 34.8 Å². The number of sulfonamides is 1. The van der Waals surface area contributed by atoms with E-state index in [4.69, 9.17) is 0 Å². The van der Waals surface area contributed by atoms with Crippen molar-refractivity contribution < 1.29 is 44.2 Å². The maximum Gasteiger partial charge on any atom is 0.573 e. The third-order valence-corrected chi connectivity index (χ3v) is 7.40. The molecule has 0 saturated carbocycles. The van der Waals surface area contributed by atoms with Gasteiger partial charge in [0.2, 0.25) is 0 Å². The second-order valence-electron chi connectivity index (χ2n) is 9.10. The maximum absolute atomic E-state index is 13.2. The molecule has 1 heterocycles. The summed E-state index contributed by atoms with van der Waals surface area (Å²) in [7, 11) is -2.70. The highest BCUT2D eigenvalue weighted by Crippen LogP contribution is 2.40. The number of aryl methyl sites for hydroxylation is 1. The van der Waals surface area contributed by atoms with E-state index in [1.54, 1.807) is 37.4 Å². The lowest BCUT2D eigenvalue weighted by Crippen LogP contribution is -2.43. The Bertz CT molecular complexity index is 1530. The minimum absolute atomic E-state index is 0.0382. The summed E-state index contributed by atoms with van der Waals surface area (Å²) >= 11 is 0. The van der Waals surface area contributed by atoms with Crippen molar-refractivity contribution in [3.8, 4) is 11.5 Å². The maximum atomic E-state index is 13.2. The quantitative estimate of drug-likeness (QED) is 0.236. The molecule has 0 radical (unpaired) electrons. The predicted molar refractivity (Wildman–Crippen MR) is 136 cm³/mol. The van der Waals surface area contributed by atoms with E-state index in [2.05, 4.69) is 19.2 Å². The highest BCUT2D eigenvalue weighted by atomic mass is 32.2. The van der Waals surface area contributed by atoms with Crippen molar-refractivity contribution in [2.75, 3.05) is 6.54 Å². The molecule has 0 amide bonds. The highest BCUT2D eigenvalue weighted by Gasteiger charge is 2.39. The number of hydrogen-bond acceptors (Lipinski definition) is 5. The van der Waals surface area contributed by atoms with Gasteiger partial charge in [-0.1, -0.05) is 54.6 Å². The summed E-state index contributed by atoms with van der Waals surface area (Å²) in [5.74, 6) is -1.19. The molecule has 1 N–H and O–H groups in total. The van der Waals surface area contributed by atoms with Crippen molar-refractivity contribution in [1.29, 1.82) is 0 Å². The summed E-state index contributed by atoms with van der Waals surface area (Å²) < 4.78 is 117. The molecule has 7 nitrogen and oxygen atoms in total. The number of rotatable bonds is 10. The Morgan fingerprint density at radius 1 is 0.805 bits per heavy atom. The van der Waals surface area contributed by atoms with Gasteiger partial charge in [0.05, 0.1) is 6.33 Å². The van der Waals surface area contributed by atoms with Crippen LogP contribution < -0.4 is 14.2 Å². The van der Waals surface area contributed by atoms with Crippen molar-refractivity contribution in [2.45, 2.75) is 29.6 Å². The smallest absolute Gasteiger partial charge is 0.406 e. The number of aromatic nitrogens is 2. The van der Waals surface area contributed by atoms with Crippen LogP contribution in [0.5, 0.6) is 11.5 Å². The topological polar surface area (TPSA) is 82.5 Å². The van der Waals surface area contributed by atoms with Gasteiger partial charge in [-0.05, 0) is 47.4 Å². The largest absolute Gasteiger partial charge is 0.573 e. The molecule has 1 aromatic heterocycles. The van der Waals surface area contributed by atoms with Gasteiger partial charge in [0, 0.05) is 25.2 Å². The minimum atomic E-state index is -5.03. The van der Waals surface area contributed by atoms with Crippen molar-refractivity contribution in [2.24, 2.45) is 7.05 Å². The summed E-state index contributed by atoms with van der Waals surface area (Å²) in [5.41, 5.74) is -0.667. The molecule has 0 fully saturated rings. The summed E-state index contributed by atoms with van der Waals surface area (Å²) in [4.78, 5) is 3.85. The fraction of sp³-hybridized carbons (Fsp3) is 0.222. The fourth-order valence-electron chi connectivity index (χ4n) is 4.38. The Morgan fingerprint density at radius 2 is 1.34 bits per heavy atom. The molecule has 3 aromatic carbocycles. The zero-order valence-electron chi connectivity index (χ0n) is 21.3. The Morgan fingerprint density at radius 3 is 1.80 bits per heavy atom. The summed E-state index contributed by atoms with van der Waals surface area (Å²) in [6, 6.07) is 18.2. The molecule has 4 rings (SSSR count). The van der Waals surface area contributed by atoms with Crippen LogP contribution in [0.1, 0.15) is 16.7 Å². The normalized spacial score (nSPS) is 12.8. The van der Waals surface area contributed by atoms with Crippen molar-refractivity contribution >= 4 is 10.0 Å². The van der Waals surface area contributed by atoms with Gasteiger partial charge < -0.3 is 14.0 Å². The SMILES string of the molecule is Cn1cnc(S(=O)(=O)NCC(Cc2ccccc2)(c2cccc(OC(F)(F)F)c2)c2cccc(OC(F)(F)F)c2)c1. The van der Waals surface area contributed by atoms with Crippen molar-refractivity contribution in [3.63, 3.8) is 0 Å². The molecule has 0 unspecified atom stereocenters. The van der Waals surface area contributed by atoms with Crippen molar-refractivity contribution in [1.82, 2.24) is 14.3 Å². The molecule has 0 spiro atoms. The second kappa shape index (κ2) is 11.4. The van der Waals surface area contributed by atoms with Crippen LogP contribution in [0.3, 0.4) is 0 Å². The number of halogens is 6. The molecule has 0 aliphatic carbocycles. The Kier molecular flexibility index (Phi) is 8.36. The van der Waals surface area contributed by atoms with E-state index in [0.29, 0.717) is 5.56 Å². The van der Waals surface area contributed by atoms with Crippen LogP contribution in [0.25, 0.3) is 0 Å². The van der Waals surface area contributed by atoms with Gasteiger partial charge in [0.15, 0.2) is 5.03 Å². The van der Waals surface area contributed by atoms with Gasteiger partial charge in [-0.3, -0.25) is 0 Å². The van der Waals surface area contributed by atoms with Crippen LogP contribution in [-0.4, -0.2) is 37.2 Å². The van der Waals surface area contributed by atoms with E-state index in [1.165, 1.54) is 41.4 Å². The van der Waals surface area contributed by atoms with Crippen molar-refractivity contribution in [3.05, 3.63) is 108 Å². The monoisotopic (exact) mass is 599 g/mol. The van der Waals surface area contributed by atoms with Crippen LogP contribution in [0.2, 0.25) is 0 Å². The van der Waals surface area contributed by atoms with E-state index in [0.717, 1.165) is 24.3 Å². The van der Waals surface area contributed by atoms with Crippen LogP contribution in [0, 0.1) is 0 Å². The van der Waals surface area contributed by atoms with Gasteiger partial charge in [0.25, 0.3) is 10.0 Å². The summed E-state index contributed by atoms with van der Waals surface area (Å²) in [6.07, 6.45) is -7.58. The third kappa shape index (κ3) is 7.79. The lowest BCUT2D eigenvalue weighted by Gasteiger charge is -2.36. The number of imidazole rings is 1. The standard InChI is InChI=1S/C27H23F6N3O4S/c1-36-16-24(34-18-36)41(37,38)35-17-25(15-19-7-3-2-4-8-19,20-9-5-11-22(13-20)39-26(28,29)30)21-10-6-12-23(14-21)40-27(31,32)33/h2-14,16,18,35H,15,17H2,1H3.